The van der Waals surface area contributed by atoms with Gasteiger partial charge in [0.25, 0.3) is 11.6 Å². The van der Waals surface area contributed by atoms with E-state index in [2.05, 4.69) is 5.32 Å². The number of amides is 1. The standard InChI is InChI=1S/C23H28N2O7/c1-14(32-23(2,3)4)20(22(27)31-6)24-21(26)17-12-11-15(13-18(17)25(28)29)16-9-7-8-10-19(16)30-5/h7-14,20H,1-6H3,(H,24,26)/t14?,20-/m0/s1. The molecule has 1 unspecified atom stereocenters. The Labute approximate surface area is 186 Å². The summed E-state index contributed by atoms with van der Waals surface area (Å²) in [4.78, 5) is 36.3. The van der Waals surface area contributed by atoms with Crippen molar-refractivity contribution < 1.29 is 28.7 Å². The molecule has 0 aliphatic heterocycles. The summed E-state index contributed by atoms with van der Waals surface area (Å²) in [7, 11) is 2.69. The lowest BCUT2D eigenvalue weighted by molar-refractivity contribution is -0.385. The SMILES string of the molecule is COC(=O)[C@@H](NC(=O)c1ccc(-c2ccccc2OC)cc1[N+](=O)[O-])C(C)OC(C)(C)C. The van der Waals surface area contributed by atoms with E-state index in [1.54, 1.807) is 58.0 Å². The van der Waals surface area contributed by atoms with Gasteiger partial charge >= 0.3 is 5.97 Å². The lowest BCUT2D eigenvalue weighted by atomic mass is 10.0. The first-order chi connectivity index (χ1) is 15.0. The van der Waals surface area contributed by atoms with Crippen LogP contribution in [-0.2, 0) is 14.3 Å². The maximum absolute atomic E-state index is 12.9. The van der Waals surface area contributed by atoms with Crippen molar-refractivity contribution in [3.63, 3.8) is 0 Å². The van der Waals surface area contributed by atoms with Gasteiger partial charge in [0.1, 0.15) is 11.3 Å². The maximum Gasteiger partial charge on any atom is 0.331 e. The van der Waals surface area contributed by atoms with Crippen LogP contribution in [0.5, 0.6) is 5.75 Å². The fourth-order valence-electron chi connectivity index (χ4n) is 3.26. The number of carbonyl (C=O) groups is 2. The summed E-state index contributed by atoms with van der Waals surface area (Å²) in [5.74, 6) is -0.968. The highest BCUT2D eigenvalue weighted by atomic mass is 16.6. The van der Waals surface area contributed by atoms with Gasteiger partial charge in [-0.1, -0.05) is 24.3 Å². The number of nitrogens with zero attached hydrogens (tertiary/aromatic N) is 1. The minimum atomic E-state index is -1.15. The molecule has 0 fully saturated rings. The number of hydrogen-bond acceptors (Lipinski definition) is 7. The van der Waals surface area contributed by atoms with Crippen molar-refractivity contribution in [2.24, 2.45) is 0 Å². The summed E-state index contributed by atoms with van der Waals surface area (Å²) >= 11 is 0. The molecule has 0 aromatic heterocycles. The summed E-state index contributed by atoms with van der Waals surface area (Å²) in [6.45, 7) is 7.04. The molecule has 0 aliphatic rings. The molecular formula is C23H28N2O7. The van der Waals surface area contributed by atoms with Crippen LogP contribution in [0.15, 0.2) is 42.5 Å². The molecule has 0 heterocycles. The van der Waals surface area contributed by atoms with E-state index >= 15 is 0 Å². The number of ether oxygens (including phenoxy) is 3. The van der Waals surface area contributed by atoms with E-state index in [1.807, 2.05) is 0 Å². The number of benzene rings is 2. The summed E-state index contributed by atoms with van der Waals surface area (Å²) in [5.41, 5.74) is -0.0208. The Morgan fingerprint density at radius 3 is 2.31 bits per heavy atom. The second-order valence-electron chi connectivity index (χ2n) is 8.10. The molecule has 0 saturated carbocycles. The molecule has 2 rings (SSSR count). The minimum absolute atomic E-state index is 0.189. The van der Waals surface area contributed by atoms with E-state index in [9.17, 15) is 19.7 Å². The largest absolute Gasteiger partial charge is 0.496 e. The predicted molar refractivity (Wildman–Crippen MR) is 119 cm³/mol. The first-order valence-corrected chi connectivity index (χ1v) is 9.96. The van der Waals surface area contributed by atoms with Crippen molar-refractivity contribution in [1.29, 1.82) is 0 Å². The Hall–Kier alpha value is -3.46. The Bertz CT molecular complexity index is 998. The fraction of sp³-hybridized carbons (Fsp3) is 0.391. The third kappa shape index (κ3) is 6.04. The van der Waals surface area contributed by atoms with Crippen LogP contribution >= 0.6 is 0 Å². The van der Waals surface area contributed by atoms with Gasteiger partial charge in [0.15, 0.2) is 6.04 Å². The van der Waals surface area contributed by atoms with Gasteiger partial charge in [-0.2, -0.15) is 0 Å². The van der Waals surface area contributed by atoms with E-state index < -0.39 is 40.2 Å². The zero-order chi connectivity index (χ0) is 24.1. The average molecular weight is 444 g/mol. The molecule has 0 radical (unpaired) electrons. The number of nitrogens with one attached hydrogen (secondary N) is 1. The van der Waals surface area contributed by atoms with Gasteiger partial charge in [0.05, 0.1) is 30.8 Å². The summed E-state index contributed by atoms with van der Waals surface area (Å²) in [6, 6.07) is 10.1. The predicted octanol–water partition coefficient (Wildman–Crippen LogP) is 3.75. The third-order valence-corrected chi connectivity index (χ3v) is 4.61. The van der Waals surface area contributed by atoms with E-state index in [0.29, 0.717) is 16.9 Å². The van der Waals surface area contributed by atoms with Crippen molar-refractivity contribution in [2.75, 3.05) is 14.2 Å². The van der Waals surface area contributed by atoms with Crippen molar-refractivity contribution in [3.05, 3.63) is 58.1 Å². The van der Waals surface area contributed by atoms with Gasteiger partial charge in [0.2, 0.25) is 0 Å². The van der Waals surface area contributed by atoms with Crippen molar-refractivity contribution in [2.45, 2.75) is 45.4 Å². The molecule has 1 N–H and O–H groups in total. The summed E-state index contributed by atoms with van der Waals surface area (Å²) < 4.78 is 15.9. The molecule has 172 valence electrons. The Morgan fingerprint density at radius 2 is 1.75 bits per heavy atom. The Morgan fingerprint density at radius 1 is 1.09 bits per heavy atom. The van der Waals surface area contributed by atoms with Crippen molar-refractivity contribution in [1.82, 2.24) is 5.32 Å². The molecule has 0 saturated heterocycles. The van der Waals surface area contributed by atoms with Gasteiger partial charge in [-0.05, 0) is 45.4 Å². The molecule has 0 aliphatic carbocycles. The smallest absolute Gasteiger partial charge is 0.331 e. The zero-order valence-electron chi connectivity index (χ0n) is 19.0. The quantitative estimate of drug-likeness (QED) is 0.374. The van der Waals surface area contributed by atoms with Crippen LogP contribution in [0.4, 0.5) is 5.69 Å². The highest BCUT2D eigenvalue weighted by Gasteiger charge is 2.33. The first kappa shape index (κ1) is 24.8. The van der Waals surface area contributed by atoms with E-state index in [0.717, 1.165) is 0 Å². The average Bonchev–Trinajstić information content (AvgIpc) is 2.74. The number of rotatable bonds is 8. The first-order valence-electron chi connectivity index (χ1n) is 9.96. The van der Waals surface area contributed by atoms with Crippen LogP contribution < -0.4 is 10.1 Å². The van der Waals surface area contributed by atoms with Gasteiger partial charge < -0.3 is 19.5 Å². The number of hydrogen-bond donors (Lipinski definition) is 1. The molecule has 9 nitrogen and oxygen atoms in total. The minimum Gasteiger partial charge on any atom is -0.496 e. The Kier molecular flexibility index (Phi) is 7.93. The van der Waals surface area contributed by atoms with Gasteiger partial charge in [0, 0.05) is 11.6 Å². The second kappa shape index (κ2) is 10.2. The molecule has 2 aromatic rings. The highest BCUT2D eigenvalue weighted by Crippen LogP contribution is 2.33. The van der Waals surface area contributed by atoms with E-state index in [1.165, 1.54) is 26.4 Å². The third-order valence-electron chi connectivity index (χ3n) is 4.61. The molecule has 0 spiro atoms. The monoisotopic (exact) mass is 444 g/mol. The maximum atomic E-state index is 12.9. The van der Waals surface area contributed by atoms with Crippen LogP contribution in [0.3, 0.4) is 0 Å². The zero-order valence-corrected chi connectivity index (χ0v) is 19.0. The van der Waals surface area contributed by atoms with Crippen LogP contribution in [0, 0.1) is 10.1 Å². The van der Waals surface area contributed by atoms with Crippen LogP contribution in [-0.4, -0.2) is 48.8 Å². The van der Waals surface area contributed by atoms with Crippen molar-refractivity contribution >= 4 is 17.6 Å². The highest BCUT2D eigenvalue weighted by molar-refractivity contribution is 6.01. The Balaban J connectivity index is 2.41. The van der Waals surface area contributed by atoms with E-state index in [4.69, 9.17) is 14.2 Å². The second-order valence-corrected chi connectivity index (χ2v) is 8.10. The number of methoxy groups -OCH3 is 2. The van der Waals surface area contributed by atoms with Crippen LogP contribution in [0.1, 0.15) is 38.1 Å². The summed E-state index contributed by atoms with van der Waals surface area (Å²) in [5, 5.41) is 14.3. The number of nitro groups is 1. The van der Waals surface area contributed by atoms with Gasteiger partial charge in [-0.3, -0.25) is 14.9 Å². The van der Waals surface area contributed by atoms with E-state index in [-0.39, 0.29) is 5.56 Å². The molecule has 9 heteroatoms. The molecule has 2 aromatic carbocycles. The van der Waals surface area contributed by atoms with Gasteiger partial charge in [-0.25, -0.2) is 4.79 Å². The number of esters is 1. The normalized spacial score (nSPS) is 13.1. The number of para-hydroxylation sites is 1. The van der Waals surface area contributed by atoms with Gasteiger partial charge in [-0.15, -0.1) is 0 Å². The topological polar surface area (TPSA) is 117 Å². The van der Waals surface area contributed by atoms with Crippen molar-refractivity contribution in [3.8, 4) is 16.9 Å². The van der Waals surface area contributed by atoms with Crippen LogP contribution in [0.2, 0.25) is 0 Å². The summed E-state index contributed by atoms with van der Waals surface area (Å²) in [6.07, 6.45) is -0.738. The lowest BCUT2D eigenvalue weighted by Crippen LogP contribution is -2.51. The van der Waals surface area contributed by atoms with Crippen LogP contribution in [0.25, 0.3) is 11.1 Å². The lowest BCUT2D eigenvalue weighted by Gasteiger charge is -2.29. The molecular weight excluding hydrogens is 416 g/mol. The molecule has 1 amide bonds. The number of nitro benzene ring substituents is 1. The number of carbonyl (C=O) groups excluding carboxylic acids is 2. The molecule has 32 heavy (non-hydrogen) atoms. The molecule has 0 bridgehead atoms. The molecule has 2 atom stereocenters. The fourth-order valence-corrected chi connectivity index (χ4v) is 3.26.